The monoisotopic (exact) mass is 510 g/mol. The maximum absolute atomic E-state index is 13.1. The summed E-state index contributed by atoms with van der Waals surface area (Å²) in [6.45, 7) is 3.90. The predicted molar refractivity (Wildman–Crippen MR) is 129 cm³/mol. The van der Waals surface area contributed by atoms with Crippen LogP contribution in [0.3, 0.4) is 0 Å². The molecule has 0 spiro atoms. The van der Waals surface area contributed by atoms with Crippen LogP contribution in [0.1, 0.15) is 46.8 Å². The van der Waals surface area contributed by atoms with Crippen molar-refractivity contribution in [1.29, 1.82) is 0 Å². The maximum Gasteiger partial charge on any atom is 0.434 e. The molecule has 1 aliphatic carbocycles. The van der Waals surface area contributed by atoms with Gasteiger partial charge in [-0.05, 0) is 37.8 Å². The molecule has 1 fully saturated rings. The van der Waals surface area contributed by atoms with Gasteiger partial charge >= 0.3 is 6.18 Å². The van der Waals surface area contributed by atoms with E-state index in [1.807, 2.05) is 19.9 Å². The summed E-state index contributed by atoms with van der Waals surface area (Å²) in [7, 11) is 3.10. The fourth-order valence-corrected chi connectivity index (χ4v) is 4.18. The topological polar surface area (TPSA) is 87.8 Å². The number of nitrogens with zero attached hydrogens (tertiary/aromatic N) is 6. The molecule has 1 saturated carbocycles. The molecule has 0 amide bonds. The Labute approximate surface area is 211 Å². The lowest BCUT2D eigenvalue weighted by Gasteiger charge is -2.13. The summed E-state index contributed by atoms with van der Waals surface area (Å²) in [5.41, 5.74) is 3.62. The van der Waals surface area contributed by atoms with E-state index in [-0.39, 0.29) is 12.4 Å². The lowest BCUT2D eigenvalue weighted by molar-refractivity contribution is -0.140. The minimum atomic E-state index is -4.50. The summed E-state index contributed by atoms with van der Waals surface area (Å²) in [4.78, 5) is 21.6. The van der Waals surface area contributed by atoms with E-state index < -0.39 is 11.9 Å². The van der Waals surface area contributed by atoms with E-state index in [2.05, 4.69) is 24.9 Å². The van der Waals surface area contributed by atoms with Gasteiger partial charge in [0.2, 0.25) is 11.8 Å². The van der Waals surface area contributed by atoms with E-state index in [0.29, 0.717) is 34.6 Å². The average molecular weight is 511 g/mol. The highest BCUT2D eigenvalue weighted by Gasteiger charge is 2.35. The van der Waals surface area contributed by atoms with Crippen LogP contribution in [0.5, 0.6) is 11.8 Å². The number of alkyl halides is 3. The highest BCUT2D eigenvalue weighted by atomic mass is 19.4. The maximum atomic E-state index is 13.1. The molecular weight excluding hydrogens is 485 g/mol. The molecule has 4 aromatic rings. The Kier molecular flexibility index (Phi) is 6.30. The number of rotatable bonds is 7. The summed E-state index contributed by atoms with van der Waals surface area (Å²) in [5, 5.41) is 0. The Balaban J connectivity index is 1.39. The van der Waals surface area contributed by atoms with E-state index in [4.69, 9.17) is 9.47 Å². The SMILES string of the molecule is COc1ncnc(C2CC2)c1-c1ncc(C)c(OCc2ccc(-c3nc(C(F)(F)F)cn3C)c(C)c2)n1. The van der Waals surface area contributed by atoms with Crippen LogP contribution >= 0.6 is 0 Å². The van der Waals surface area contributed by atoms with Gasteiger partial charge in [-0.2, -0.15) is 18.2 Å². The minimum absolute atomic E-state index is 0.213. The lowest BCUT2D eigenvalue weighted by atomic mass is 10.0. The highest BCUT2D eigenvalue weighted by Crippen LogP contribution is 2.45. The van der Waals surface area contributed by atoms with E-state index in [9.17, 15) is 13.2 Å². The van der Waals surface area contributed by atoms with Crippen molar-refractivity contribution in [3.8, 4) is 34.5 Å². The Morgan fingerprint density at radius 3 is 2.46 bits per heavy atom. The molecule has 0 bridgehead atoms. The third kappa shape index (κ3) is 4.98. The van der Waals surface area contributed by atoms with Crippen LogP contribution in [0, 0.1) is 13.8 Å². The fraction of sp³-hybridized carbons (Fsp3) is 0.346. The van der Waals surface area contributed by atoms with Gasteiger partial charge in [-0.1, -0.05) is 18.2 Å². The summed E-state index contributed by atoms with van der Waals surface area (Å²) >= 11 is 0. The Bertz CT molecular complexity index is 1460. The number of hydrogen-bond acceptors (Lipinski definition) is 7. The molecule has 192 valence electrons. The Morgan fingerprint density at radius 1 is 1.03 bits per heavy atom. The summed E-state index contributed by atoms with van der Waals surface area (Å²) in [5.74, 6) is 1.86. The molecule has 1 aromatic carbocycles. The molecule has 3 heterocycles. The molecule has 3 aromatic heterocycles. The van der Waals surface area contributed by atoms with Crippen molar-refractivity contribution in [3.63, 3.8) is 0 Å². The second-order valence-electron chi connectivity index (χ2n) is 9.10. The van der Waals surface area contributed by atoms with Gasteiger partial charge in [-0.15, -0.1) is 0 Å². The van der Waals surface area contributed by atoms with E-state index >= 15 is 0 Å². The van der Waals surface area contributed by atoms with Crippen LogP contribution in [-0.4, -0.2) is 36.6 Å². The van der Waals surface area contributed by atoms with Crippen molar-refractivity contribution in [2.45, 2.75) is 45.4 Å². The van der Waals surface area contributed by atoms with Crippen molar-refractivity contribution in [1.82, 2.24) is 29.5 Å². The van der Waals surface area contributed by atoms with Gasteiger partial charge in [0.25, 0.3) is 0 Å². The lowest BCUT2D eigenvalue weighted by Crippen LogP contribution is -2.05. The molecule has 8 nitrogen and oxygen atoms in total. The van der Waals surface area contributed by atoms with Crippen molar-refractivity contribution in [2.75, 3.05) is 7.11 Å². The third-order valence-corrected chi connectivity index (χ3v) is 6.22. The molecule has 0 radical (unpaired) electrons. The molecule has 0 atom stereocenters. The quantitative estimate of drug-likeness (QED) is 0.327. The van der Waals surface area contributed by atoms with Crippen LogP contribution in [0.4, 0.5) is 13.2 Å². The molecule has 5 rings (SSSR count). The number of methoxy groups -OCH3 is 1. The number of aryl methyl sites for hydroxylation is 3. The smallest absolute Gasteiger partial charge is 0.434 e. The molecule has 0 N–H and O–H groups in total. The standard InChI is InChI=1S/C26H25F3N6O2/c1-14-9-16(5-8-18(14)23-33-19(11-35(23)3)26(27,28)29)12-37-24-15(2)10-30-22(34-24)20-21(17-6-7-17)31-13-32-25(20)36-4/h5,8-11,13,17H,6-7,12H2,1-4H3. The number of benzene rings is 1. The van der Waals surface area contributed by atoms with Crippen LogP contribution in [0.25, 0.3) is 22.8 Å². The van der Waals surface area contributed by atoms with Gasteiger partial charge < -0.3 is 14.0 Å². The number of halogens is 3. The summed E-state index contributed by atoms with van der Waals surface area (Å²) in [6.07, 6.45) is 1.77. The second kappa shape index (κ2) is 9.45. The predicted octanol–water partition coefficient (Wildman–Crippen LogP) is 5.43. The van der Waals surface area contributed by atoms with Crippen LogP contribution < -0.4 is 9.47 Å². The first-order chi connectivity index (χ1) is 17.7. The van der Waals surface area contributed by atoms with Gasteiger partial charge in [-0.25, -0.2) is 19.9 Å². The largest absolute Gasteiger partial charge is 0.480 e. The molecule has 0 saturated heterocycles. The Morgan fingerprint density at radius 2 is 1.81 bits per heavy atom. The zero-order valence-electron chi connectivity index (χ0n) is 20.8. The van der Waals surface area contributed by atoms with Gasteiger partial charge in [-0.3, -0.25) is 0 Å². The first-order valence-corrected chi connectivity index (χ1v) is 11.7. The number of hydrogen-bond donors (Lipinski definition) is 0. The van der Waals surface area contributed by atoms with E-state index in [1.165, 1.54) is 10.9 Å². The fourth-order valence-electron chi connectivity index (χ4n) is 4.18. The van der Waals surface area contributed by atoms with Crippen molar-refractivity contribution < 1.29 is 22.6 Å². The molecule has 37 heavy (non-hydrogen) atoms. The van der Waals surface area contributed by atoms with Gasteiger partial charge in [0.15, 0.2) is 11.5 Å². The highest BCUT2D eigenvalue weighted by molar-refractivity contribution is 5.66. The first kappa shape index (κ1) is 24.7. The number of aromatic nitrogens is 6. The molecule has 0 aliphatic heterocycles. The normalized spacial score (nSPS) is 13.6. The molecular formula is C26H25F3N6O2. The van der Waals surface area contributed by atoms with Crippen LogP contribution in [0.15, 0.2) is 36.9 Å². The summed E-state index contributed by atoms with van der Waals surface area (Å²) < 4.78 is 52.1. The zero-order valence-corrected chi connectivity index (χ0v) is 20.8. The number of ether oxygens (including phenoxy) is 2. The second-order valence-corrected chi connectivity index (χ2v) is 9.10. The van der Waals surface area contributed by atoms with Crippen LogP contribution in [0.2, 0.25) is 0 Å². The zero-order chi connectivity index (χ0) is 26.3. The van der Waals surface area contributed by atoms with Gasteiger partial charge in [0.1, 0.15) is 24.3 Å². The minimum Gasteiger partial charge on any atom is -0.480 e. The first-order valence-electron chi connectivity index (χ1n) is 11.7. The van der Waals surface area contributed by atoms with Gasteiger partial charge in [0.05, 0.1) is 12.8 Å². The molecule has 1 aliphatic rings. The van der Waals surface area contributed by atoms with E-state index in [1.54, 1.807) is 32.5 Å². The number of imidazole rings is 1. The van der Waals surface area contributed by atoms with Crippen molar-refractivity contribution in [2.24, 2.45) is 7.05 Å². The average Bonchev–Trinajstić information content (AvgIpc) is 3.64. The molecule has 0 unspecified atom stereocenters. The van der Waals surface area contributed by atoms with Crippen molar-refractivity contribution >= 4 is 0 Å². The molecule has 11 heteroatoms. The van der Waals surface area contributed by atoms with Gasteiger partial charge in [0, 0.05) is 36.5 Å². The van der Waals surface area contributed by atoms with Crippen molar-refractivity contribution in [3.05, 3.63) is 65.0 Å². The summed E-state index contributed by atoms with van der Waals surface area (Å²) in [6, 6.07) is 5.43. The third-order valence-electron chi connectivity index (χ3n) is 6.22. The van der Waals surface area contributed by atoms with Crippen LogP contribution in [-0.2, 0) is 19.8 Å². The Hall–Kier alpha value is -4.02. The van der Waals surface area contributed by atoms with E-state index in [0.717, 1.165) is 41.4 Å².